The molecule has 54 heavy (non-hydrogen) atoms. The number of carbonyl (C=O) groups is 4. The van der Waals surface area contributed by atoms with Crippen LogP contribution in [0.1, 0.15) is 73.6 Å². The van der Waals surface area contributed by atoms with Crippen molar-refractivity contribution in [3.63, 3.8) is 0 Å². The number of pyridine rings is 1. The molecule has 0 radical (unpaired) electrons. The maximum absolute atomic E-state index is 15.0. The number of sulfonamides is 1. The Morgan fingerprint density at radius 3 is 2.52 bits per heavy atom. The quantitative estimate of drug-likeness (QED) is 0.349. The first-order chi connectivity index (χ1) is 25.3. The Morgan fingerprint density at radius 1 is 1.15 bits per heavy atom. The minimum Gasteiger partial charge on any atom is -0.497 e. The lowest BCUT2D eigenvalue weighted by atomic mass is 9.89. The molecule has 2 aromatic rings. The van der Waals surface area contributed by atoms with Gasteiger partial charge in [-0.05, 0) is 95.9 Å². The second-order valence-corrected chi connectivity index (χ2v) is 18.6. The molecule has 6 rings (SSSR count). The molecule has 4 aliphatic rings. The van der Waals surface area contributed by atoms with Crippen LogP contribution in [0.15, 0.2) is 42.6 Å². The van der Waals surface area contributed by atoms with Crippen molar-refractivity contribution in [1.29, 1.82) is 0 Å². The highest BCUT2D eigenvalue weighted by molar-refractivity contribution is 7.91. The number of aromatic nitrogens is 1. The molecular formula is C38H51N5O10S. The molecule has 0 bridgehead atoms. The van der Waals surface area contributed by atoms with Gasteiger partial charge in [-0.3, -0.25) is 24.0 Å². The molecule has 2 aliphatic carbocycles. The normalized spacial score (nSPS) is 30.5. The monoisotopic (exact) mass is 769 g/mol. The van der Waals surface area contributed by atoms with Crippen molar-refractivity contribution in [2.24, 2.45) is 11.8 Å². The zero-order chi connectivity index (χ0) is 39.4. The van der Waals surface area contributed by atoms with Crippen molar-refractivity contribution >= 4 is 44.6 Å². The minimum atomic E-state index is -4.03. The number of fused-ring (bicyclic) bond motifs is 3. The van der Waals surface area contributed by atoms with Crippen LogP contribution in [0.3, 0.4) is 0 Å². The fourth-order valence-electron chi connectivity index (χ4n) is 7.71. The van der Waals surface area contributed by atoms with E-state index < -0.39 is 85.8 Å². The maximum atomic E-state index is 15.0. The number of benzene rings is 1. The standard InChI is InChI=1S/C38H51N5O10S/c1-22-17-23(2)52-16-8-9-25-20-38(25,34(46)41-54(49,50)37(6)13-14-37)40-31(44)29-19-27(21-42(29)33(45)30(22)43(35(47)48)36(3,4)5)53-32-28-11-10-26(51-7)18-24(28)12-15-39-32/h8-12,15,18,22-23,25,27,29-30H,13-14,16-17,19-21H2,1-7H3,(H,40,44)(H,41,46)(H,47,48)/b9-8-/t22-,23+,25-,27-,29+,30+,38-/m1/s1. The number of rotatable bonds is 7. The molecule has 3 heterocycles. The summed E-state index contributed by atoms with van der Waals surface area (Å²) in [5.41, 5.74) is -2.61. The number of ether oxygens (including phenoxy) is 3. The van der Waals surface area contributed by atoms with E-state index in [0.717, 1.165) is 10.3 Å². The molecule has 7 atom stereocenters. The maximum Gasteiger partial charge on any atom is 0.408 e. The first-order valence-corrected chi connectivity index (χ1v) is 19.9. The van der Waals surface area contributed by atoms with Gasteiger partial charge in [-0.25, -0.2) is 18.2 Å². The molecule has 0 unspecified atom stereocenters. The molecule has 1 aromatic heterocycles. The van der Waals surface area contributed by atoms with E-state index >= 15 is 0 Å². The number of hydrogen-bond donors (Lipinski definition) is 3. The molecule has 3 N–H and O–H groups in total. The Morgan fingerprint density at radius 2 is 1.87 bits per heavy atom. The summed E-state index contributed by atoms with van der Waals surface area (Å²) in [5.74, 6) is -2.32. The van der Waals surface area contributed by atoms with Crippen LogP contribution in [-0.4, -0.2) is 113 Å². The zero-order valence-corrected chi connectivity index (χ0v) is 32.6. The lowest BCUT2D eigenvalue weighted by molar-refractivity contribution is -0.146. The summed E-state index contributed by atoms with van der Waals surface area (Å²) in [5, 5.41) is 14.9. The number of amides is 4. The van der Waals surface area contributed by atoms with E-state index in [2.05, 4.69) is 15.0 Å². The van der Waals surface area contributed by atoms with Crippen molar-refractivity contribution < 1.29 is 46.9 Å². The fourth-order valence-corrected chi connectivity index (χ4v) is 9.02. The Bertz CT molecular complexity index is 1960. The lowest BCUT2D eigenvalue weighted by Crippen LogP contribution is -2.62. The second kappa shape index (κ2) is 14.3. The summed E-state index contributed by atoms with van der Waals surface area (Å²) in [4.78, 5) is 63.2. The number of carbonyl (C=O) groups excluding carboxylic acids is 3. The average Bonchev–Trinajstić information content (AvgIpc) is 3.97. The molecule has 2 saturated carbocycles. The molecule has 2 aliphatic heterocycles. The van der Waals surface area contributed by atoms with Crippen LogP contribution >= 0.6 is 0 Å². The van der Waals surface area contributed by atoms with Gasteiger partial charge in [0.25, 0.3) is 5.91 Å². The summed E-state index contributed by atoms with van der Waals surface area (Å²) in [6.45, 7) is 10.4. The summed E-state index contributed by atoms with van der Waals surface area (Å²) >= 11 is 0. The van der Waals surface area contributed by atoms with Crippen molar-refractivity contribution in [3.05, 3.63) is 42.6 Å². The van der Waals surface area contributed by atoms with Gasteiger partial charge in [-0.15, -0.1) is 0 Å². The van der Waals surface area contributed by atoms with Gasteiger partial charge in [0.2, 0.25) is 27.7 Å². The van der Waals surface area contributed by atoms with Crippen LogP contribution in [0, 0.1) is 11.8 Å². The topological polar surface area (TPSA) is 194 Å². The zero-order valence-electron chi connectivity index (χ0n) is 31.8. The first-order valence-electron chi connectivity index (χ1n) is 18.4. The summed E-state index contributed by atoms with van der Waals surface area (Å²) in [6.07, 6.45) is 3.86. The molecule has 0 spiro atoms. The van der Waals surface area contributed by atoms with Gasteiger partial charge in [-0.1, -0.05) is 19.1 Å². The van der Waals surface area contributed by atoms with E-state index in [-0.39, 0.29) is 31.9 Å². The number of nitrogens with one attached hydrogen (secondary N) is 2. The van der Waals surface area contributed by atoms with Crippen molar-refractivity contribution in [1.82, 2.24) is 24.8 Å². The molecule has 294 valence electrons. The summed E-state index contributed by atoms with van der Waals surface area (Å²) in [7, 11) is -2.47. The van der Waals surface area contributed by atoms with Gasteiger partial charge in [0.1, 0.15) is 29.5 Å². The average molecular weight is 770 g/mol. The predicted octanol–water partition coefficient (Wildman–Crippen LogP) is 3.61. The number of hydrogen-bond acceptors (Lipinski definition) is 10. The number of methoxy groups -OCH3 is 1. The highest BCUT2D eigenvalue weighted by Crippen LogP contribution is 2.47. The van der Waals surface area contributed by atoms with Crippen molar-refractivity contribution in [2.75, 3.05) is 20.3 Å². The molecule has 4 amide bonds. The van der Waals surface area contributed by atoms with E-state index in [1.807, 2.05) is 13.0 Å². The van der Waals surface area contributed by atoms with Gasteiger partial charge in [0.05, 0.1) is 31.1 Å². The van der Waals surface area contributed by atoms with Crippen LogP contribution in [0.25, 0.3) is 10.8 Å². The van der Waals surface area contributed by atoms with E-state index in [0.29, 0.717) is 30.4 Å². The third-order valence-electron chi connectivity index (χ3n) is 11.2. The van der Waals surface area contributed by atoms with E-state index in [1.54, 1.807) is 78.3 Å². The van der Waals surface area contributed by atoms with Gasteiger partial charge in [-0.2, -0.15) is 0 Å². The van der Waals surface area contributed by atoms with Crippen molar-refractivity contribution in [3.8, 4) is 11.6 Å². The second-order valence-electron chi connectivity index (χ2n) is 16.4. The van der Waals surface area contributed by atoms with Crippen LogP contribution in [-0.2, 0) is 29.1 Å². The van der Waals surface area contributed by atoms with Gasteiger partial charge < -0.3 is 29.5 Å². The van der Waals surface area contributed by atoms with Crippen LogP contribution in [0.5, 0.6) is 11.6 Å². The SMILES string of the molecule is COc1ccc2c(O[C@@H]3C[C@H]4C(=O)N[C@]5(C(=O)NS(=O)(=O)C6(C)CC6)C[C@H]5/C=C\CO[C@@H](C)C[C@@H](C)[C@H](N(C(=O)O)C(C)(C)C)C(=O)N4C3)nccc2c1. The highest BCUT2D eigenvalue weighted by atomic mass is 32.2. The van der Waals surface area contributed by atoms with E-state index in [9.17, 15) is 32.7 Å². The van der Waals surface area contributed by atoms with Crippen molar-refractivity contribution in [2.45, 2.75) is 114 Å². The summed E-state index contributed by atoms with van der Waals surface area (Å²) < 4.78 is 45.3. The van der Waals surface area contributed by atoms with E-state index in [4.69, 9.17) is 14.2 Å². The minimum absolute atomic E-state index is 0.0103. The van der Waals surface area contributed by atoms with Gasteiger partial charge in [0.15, 0.2) is 0 Å². The first kappa shape index (κ1) is 39.3. The predicted molar refractivity (Wildman–Crippen MR) is 198 cm³/mol. The van der Waals surface area contributed by atoms with Crippen LogP contribution in [0.4, 0.5) is 4.79 Å². The van der Waals surface area contributed by atoms with Gasteiger partial charge in [0, 0.05) is 29.5 Å². The smallest absolute Gasteiger partial charge is 0.408 e. The van der Waals surface area contributed by atoms with Crippen LogP contribution < -0.4 is 19.5 Å². The molecule has 16 heteroatoms. The Balaban J connectivity index is 1.39. The molecule has 1 aromatic carbocycles. The largest absolute Gasteiger partial charge is 0.497 e. The molecule has 1 saturated heterocycles. The molecular weight excluding hydrogens is 719 g/mol. The Kier molecular flexibility index (Phi) is 10.4. The lowest BCUT2D eigenvalue weighted by Gasteiger charge is -2.43. The number of nitrogens with zero attached hydrogens (tertiary/aromatic N) is 3. The highest BCUT2D eigenvalue weighted by Gasteiger charge is 2.63. The third kappa shape index (κ3) is 7.59. The fraction of sp³-hybridized carbons (Fsp3) is 0.605. The summed E-state index contributed by atoms with van der Waals surface area (Å²) in [6, 6.07) is 4.79. The van der Waals surface area contributed by atoms with Crippen LogP contribution in [0.2, 0.25) is 0 Å². The van der Waals surface area contributed by atoms with Gasteiger partial charge >= 0.3 is 6.09 Å². The molecule has 15 nitrogen and oxygen atoms in total. The third-order valence-corrected chi connectivity index (χ3v) is 13.4. The Labute approximate surface area is 315 Å². The van der Waals surface area contributed by atoms with E-state index in [1.165, 1.54) is 4.90 Å². The number of carboxylic acid groups (broad SMARTS) is 1. The molecule has 3 fully saturated rings. The Hall–Kier alpha value is -4.44.